The van der Waals surface area contributed by atoms with Crippen LogP contribution in [0.15, 0.2) is 12.7 Å². The Morgan fingerprint density at radius 3 is 2.16 bits per heavy atom. The zero-order valence-electron chi connectivity index (χ0n) is 13.5. The molecule has 0 aliphatic rings. The molecule has 4 heteroatoms. The first-order valence-corrected chi connectivity index (χ1v) is 9.78. The van der Waals surface area contributed by atoms with Gasteiger partial charge in [0.2, 0.25) is 0 Å². The molecule has 0 fully saturated rings. The normalized spacial score (nSPS) is 17.6. The Morgan fingerprint density at radius 1 is 1.32 bits per heavy atom. The van der Waals surface area contributed by atoms with Gasteiger partial charge in [-0.2, -0.15) is 0 Å². The summed E-state index contributed by atoms with van der Waals surface area (Å²) in [5.41, 5.74) is 0. The van der Waals surface area contributed by atoms with E-state index in [9.17, 15) is 4.79 Å². The Morgan fingerprint density at radius 2 is 1.84 bits per heavy atom. The predicted molar refractivity (Wildman–Crippen MR) is 82.9 cm³/mol. The Labute approximate surface area is 119 Å². The summed E-state index contributed by atoms with van der Waals surface area (Å²) in [5, 5.41) is 0.111. The van der Waals surface area contributed by atoms with E-state index in [1.807, 2.05) is 6.08 Å². The molecule has 3 atom stereocenters. The number of carbonyl (C=O) groups excluding carboxylic acids is 1. The Hall–Kier alpha value is -0.453. The number of hydrogen-bond acceptors (Lipinski definition) is 3. The third kappa shape index (κ3) is 5.20. The first kappa shape index (κ1) is 18.5. The van der Waals surface area contributed by atoms with Crippen LogP contribution in [0.1, 0.15) is 34.1 Å². The maximum Gasteiger partial charge on any atom is 0.192 e. The van der Waals surface area contributed by atoms with Crippen molar-refractivity contribution < 1.29 is 14.0 Å². The van der Waals surface area contributed by atoms with Gasteiger partial charge in [-0.15, -0.1) is 6.58 Å². The van der Waals surface area contributed by atoms with Gasteiger partial charge < -0.3 is 14.0 Å². The fourth-order valence-electron chi connectivity index (χ4n) is 1.69. The minimum atomic E-state index is -1.93. The van der Waals surface area contributed by atoms with Gasteiger partial charge in [0.05, 0.1) is 6.10 Å². The van der Waals surface area contributed by atoms with Crippen molar-refractivity contribution in [2.45, 2.75) is 64.5 Å². The summed E-state index contributed by atoms with van der Waals surface area (Å²) in [4.78, 5) is 11.2. The number of aldehydes is 1. The zero-order valence-corrected chi connectivity index (χ0v) is 14.5. The first-order chi connectivity index (χ1) is 8.60. The molecule has 0 saturated carbocycles. The summed E-state index contributed by atoms with van der Waals surface area (Å²) in [6.45, 7) is 16.8. The van der Waals surface area contributed by atoms with E-state index in [4.69, 9.17) is 9.16 Å². The van der Waals surface area contributed by atoms with Crippen LogP contribution in [-0.2, 0) is 14.0 Å². The highest BCUT2D eigenvalue weighted by Crippen LogP contribution is 2.38. The molecule has 0 amide bonds. The summed E-state index contributed by atoms with van der Waals surface area (Å²) < 4.78 is 11.7. The van der Waals surface area contributed by atoms with Gasteiger partial charge in [0.1, 0.15) is 6.10 Å². The minimum Gasteiger partial charge on any atom is -0.411 e. The van der Waals surface area contributed by atoms with Crippen LogP contribution in [0.25, 0.3) is 0 Å². The average molecular weight is 286 g/mol. The predicted octanol–water partition coefficient (Wildman–Crippen LogP) is 3.80. The molecule has 0 saturated heterocycles. The zero-order chi connectivity index (χ0) is 15.3. The second kappa shape index (κ2) is 7.36. The molecular weight excluding hydrogens is 256 g/mol. The van der Waals surface area contributed by atoms with Gasteiger partial charge >= 0.3 is 0 Å². The van der Waals surface area contributed by atoms with Gasteiger partial charge in [0.25, 0.3) is 0 Å². The lowest BCUT2D eigenvalue weighted by molar-refractivity contribution is -0.124. The van der Waals surface area contributed by atoms with Crippen LogP contribution in [-0.4, -0.2) is 33.9 Å². The number of allylic oxidation sites excluding steroid dienone is 1. The van der Waals surface area contributed by atoms with E-state index < -0.39 is 14.4 Å². The summed E-state index contributed by atoms with van der Waals surface area (Å²) in [6, 6.07) is 0. The maximum absolute atomic E-state index is 11.2. The molecule has 0 rings (SSSR count). The van der Waals surface area contributed by atoms with Crippen molar-refractivity contribution in [1.82, 2.24) is 0 Å². The monoisotopic (exact) mass is 286 g/mol. The van der Waals surface area contributed by atoms with Gasteiger partial charge in [-0.3, -0.25) is 0 Å². The van der Waals surface area contributed by atoms with Crippen LogP contribution in [0.2, 0.25) is 18.1 Å². The van der Waals surface area contributed by atoms with Crippen LogP contribution < -0.4 is 0 Å². The quantitative estimate of drug-likeness (QED) is 0.387. The molecule has 3 nitrogen and oxygen atoms in total. The van der Waals surface area contributed by atoms with Crippen LogP contribution in [0.3, 0.4) is 0 Å². The van der Waals surface area contributed by atoms with Crippen molar-refractivity contribution in [1.29, 1.82) is 0 Å². The highest BCUT2D eigenvalue weighted by molar-refractivity contribution is 6.74. The standard InChI is InChI=1S/C15H30O3Si/c1-9-10-12(2)14(13(11-16)17-6)18-19(7,8)15(3,4)5/h9,11-14H,1,10H2,2-8H3/t12-,13+,14+/m1/s1. The highest BCUT2D eigenvalue weighted by Gasteiger charge is 2.42. The summed E-state index contributed by atoms with van der Waals surface area (Å²) in [5.74, 6) is 0.210. The number of methoxy groups -OCH3 is 1. The van der Waals surface area contributed by atoms with E-state index in [0.717, 1.165) is 12.7 Å². The smallest absolute Gasteiger partial charge is 0.192 e. The molecule has 0 bridgehead atoms. The molecule has 19 heavy (non-hydrogen) atoms. The van der Waals surface area contributed by atoms with Crippen LogP contribution in [0, 0.1) is 5.92 Å². The molecule has 0 radical (unpaired) electrons. The van der Waals surface area contributed by atoms with Gasteiger partial charge in [-0.1, -0.05) is 33.8 Å². The van der Waals surface area contributed by atoms with Gasteiger partial charge in [0, 0.05) is 7.11 Å². The van der Waals surface area contributed by atoms with Crippen molar-refractivity contribution in [3.8, 4) is 0 Å². The van der Waals surface area contributed by atoms with Gasteiger partial charge in [-0.05, 0) is 30.5 Å². The lowest BCUT2D eigenvalue weighted by Crippen LogP contribution is -2.50. The molecule has 0 heterocycles. The largest absolute Gasteiger partial charge is 0.411 e. The number of hydrogen-bond donors (Lipinski definition) is 0. The number of carbonyl (C=O) groups is 1. The third-order valence-electron chi connectivity index (χ3n) is 4.07. The van der Waals surface area contributed by atoms with Crippen molar-refractivity contribution in [2.75, 3.05) is 7.11 Å². The summed E-state index contributed by atoms with van der Waals surface area (Å²) in [6.07, 6.45) is 2.81. The molecule has 0 N–H and O–H groups in total. The van der Waals surface area contributed by atoms with Crippen molar-refractivity contribution in [2.24, 2.45) is 5.92 Å². The van der Waals surface area contributed by atoms with Gasteiger partial charge in [-0.25, -0.2) is 0 Å². The van der Waals surface area contributed by atoms with Crippen molar-refractivity contribution >= 4 is 14.6 Å². The molecule has 0 aromatic rings. The minimum absolute atomic E-state index is 0.111. The highest BCUT2D eigenvalue weighted by atomic mass is 28.4. The van der Waals surface area contributed by atoms with Crippen LogP contribution in [0.4, 0.5) is 0 Å². The first-order valence-electron chi connectivity index (χ1n) is 6.87. The van der Waals surface area contributed by atoms with E-state index >= 15 is 0 Å². The SMILES string of the molecule is C=CC[C@@H](C)[C@H](O[Si](C)(C)C(C)(C)C)[C@H](C=O)OC. The lowest BCUT2D eigenvalue weighted by Gasteiger charge is -2.42. The molecule has 0 aromatic carbocycles. The van der Waals surface area contributed by atoms with Crippen molar-refractivity contribution in [3.63, 3.8) is 0 Å². The summed E-state index contributed by atoms with van der Waals surface area (Å²) >= 11 is 0. The van der Waals surface area contributed by atoms with E-state index in [0.29, 0.717) is 0 Å². The fraction of sp³-hybridized carbons (Fsp3) is 0.800. The van der Waals surface area contributed by atoms with Gasteiger partial charge in [0.15, 0.2) is 14.6 Å². The second-order valence-corrected chi connectivity index (χ2v) is 11.4. The van der Waals surface area contributed by atoms with E-state index in [1.165, 1.54) is 0 Å². The van der Waals surface area contributed by atoms with Crippen molar-refractivity contribution in [3.05, 3.63) is 12.7 Å². The lowest BCUT2D eigenvalue weighted by atomic mass is 9.97. The molecule has 0 aromatic heterocycles. The van der Waals surface area contributed by atoms with E-state index in [2.05, 4.69) is 47.4 Å². The molecule has 112 valence electrons. The van der Waals surface area contributed by atoms with E-state index in [1.54, 1.807) is 7.11 Å². The topological polar surface area (TPSA) is 35.5 Å². The maximum atomic E-state index is 11.2. The Balaban J connectivity index is 5.15. The van der Waals surface area contributed by atoms with Crippen LogP contribution >= 0.6 is 0 Å². The second-order valence-electron chi connectivity index (χ2n) is 6.68. The third-order valence-corrected chi connectivity index (χ3v) is 8.54. The number of rotatable bonds is 8. The van der Waals surface area contributed by atoms with Crippen LogP contribution in [0.5, 0.6) is 0 Å². The summed E-state index contributed by atoms with van der Waals surface area (Å²) in [7, 11) is -0.371. The Bertz CT molecular complexity index is 294. The number of ether oxygens (including phenoxy) is 1. The fourth-order valence-corrected chi connectivity index (χ4v) is 3.09. The molecule has 0 unspecified atom stereocenters. The van der Waals surface area contributed by atoms with E-state index in [-0.39, 0.29) is 17.1 Å². The average Bonchev–Trinajstić information content (AvgIpc) is 2.27. The molecule has 0 aliphatic heterocycles. The Kier molecular flexibility index (Phi) is 7.19. The molecule has 0 aliphatic carbocycles. The molecule has 0 spiro atoms. The molecular formula is C15H30O3Si.